The fourth-order valence-electron chi connectivity index (χ4n) is 7.07. The third kappa shape index (κ3) is 4.68. The van der Waals surface area contributed by atoms with E-state index in [9.17, 15) is 5.11 Å². The Bertz CT molecular complexity index is 1830. The first kappa shape index (κ1) is 27.7. The van der Waals surface area contributed by atoms with E-state index < -0.39 is 5.41 Å². The van der Waals surface area contributed by atoms with E-state index in [1.165, 1.54) is 51.8 Å². The van der Waals surface area contributed by atoms with Crippen LogP contribution in [0.1, 0.15) is 60.4 Å². The minimum absolute atomic E-state index is 0.261. The van der Waals surface area contributed by atoms with Gasteiger partial charge in [-0.3, -0.25) is 0 Å². The van der Waals surface area contributed by atoms with Crippen LogP contribution in [0.4, 0.5) is 0 Å². The van der Waals surface area contributed by atoms with E-state index in [1.54, 1.807) is 12.1 Å². The smallest absolute Gasteiger partial charge is 0.127 e. The van der Waals surface area contributed by atoms with Crippen molar-refractivity contribution in [1.29, 1.82) is 0 Å². The molecule has 0 bridgehead atoms. The summed E-state index contributed by atoms with van der Waals surface area (Å²) in [7, 11) is 0. The van der Waals surface area contributed by atoms with Crippen molar-refractivity contribution in [3.05, 3.63) is 173 Å². The van der Waals surface area contributed by atoms with Gasteiger partial charge < -0.3 is 9.84 Å². The molecule has 0 unspecified atom stereocenters. The third-order valence-corrected chi connectivity index (χ3v) is 9.33. The maximum atomic E-state index is 10.1. The second kappa shape index (κ2) is 11.5. The molecule has 0 aromatic heterocycles. The fourth-order valence-corrected chi connectivity index (χ4v) is 7.07. The number of phenols is 1. The maximum absolute atomic E-state index is 10.1. The van der Waals surface area contributed by atoms with Crippen LogP contribution in [0.2, 0.25) is 0 Å². The monoisotopic (exact) mass is 572 g/mol. The molecule has 6 aromatic rings. The van der Waals surface area contributed by atoms with E-state index in [2.05, 4.69) is 123 Å². The predicted octanol–water partition coefficient (Wildman–Crippen LogP) is 11.1. The number of ether oxygens (including phenoxy) is 1. The highest BCUT2D eigenvalue weighted by Gasteiger charge is 2.45. The van der Waals surface area contributed by atoms with Crippen LogP contribution in [-0.2, 0) is 5.41 Å². The number of rotatable bonds is 8. The lowest BCUT2D eigenvalue weighted by atomic mass is 9.68. The molecule has 2 nitrogen and oxygen atoms in total. The normalized spacial score (nSPS) is 13.0. The molecule has 0 aliphatic heterocycles. The Morgan fingerprint density at radius 2 is 0.955 bits per heavy atom. The van der Waals surface area contributed by atoms with Gasteiger partial charge in [-0.2, -0.15) is 0 Å². The van der Waals surface area contributed by atoms with Gasteiger partial charge in [0, 0.05) is 0 Å². The van der Waals surface area contributed by atoms with E-state index in [-0.39, 0.29) is 5.75 Å². The van der Waals surface area contributed by atoms with Crippen molar-refractivity contribution in [2.45, 2.75) is 38.0 Å². The van der Waals surface area contributed by atoms with Crippen LogP contribution in [-0.4, -0.2) is 5.11 Å². The summed E-state index contributed by atoms with van der Waals surface area (Å²) in [5.74, 6) is 2.48. The molecule has 44 heavy (non-hydrogen) atoms. The summed E-state index contributed by atoms with van der Waals surface area (Å²) in [4.78, 5) is 0. The number of fused-ring (bicyclic) bond motifs is 3. The predicted molar refractivity (Wildman–Crippen MR) is 181 cm³/mol. The highest BCUT2D eigenvalue weighted by molar-refractivity contribution is 5.86. The summed E-state index contributed by atoms with van der Waals surface area (Å²) in [5.41, 5.74) is 10.5. The zero-order chi connectivity index (χ0) is 30.1. The number of benzene rings is 6. The molecule has 0 fully saturated rings. The molecule has 1 aliphatic carbocycles. The molecule has 0 saturated heterocycles. The fraction of sp³-hybridized carbons (Fsp3) is 0.143. The van der Waals surface area contributed by atoms with E-state index in [0.29, 0.717) is 5.92 Å². The molecule has 7 rings (SSSR count). The average Bonchev–Trinajstić information content (AvgIpc) is 3.38. The Labute approximate surface area is 260 Å². The second-order valence-electron chi connectivity index (χ2n) is 11.7. The summed E-state index contributed by atoms with van der Waals surface area (Å²) in [5, 5.41) is 10.1. The lowest BCUT2D eigenvalue weighted by Gasteiger charge is -2.34. The Hall–Kier alpha value is -5.08. The molecular formula is C42H36O2. The van der Waals surface area contributed by atoms with Gasteiger partial charge in [0.1, 0.15) is 17.2 Å². The van der Waals surface area contributed by atoms with Crippen LogP contribution in [0.15, 0.2) is 146 Å². The average molecular weight is 573 g/mol. The van der Waals surface area contributed by atoms with E-state index in [1.807, 2.05) is 24.3 Å². The molecule has 2 heteroatoms. The van der Waals surface area contributed by atoms with Crippen molar-refractivity contribution in [1.82, 2.24) is 0 Å². The first-order valence-electron chi connectivity index (χ1n) is 15.6. The highest BCUT2D eigenvalue weighted by atomic mass is 16.5. The summed E-state index contributed by atoms with van der Waals surface area (Å²) in [6.07, 6.45) is 2.34. The van der Waals surface area contributed by atoms with Crippen molar-refractivity contribution in [3.8, 4) is 39.5 Å². The minimum atomic E-state index is -0.509. The summed E-state index contributed by atoms with van der Waals surface area (Å²) in [6.45, 7) is 4.52. The molecule has 0 heterocycles. The SMILES string of the molecule is CCC(CC)c1ccc(-c2ccc(Oc3ccc(C4(c5ccc(O)cc5)c5ccccc5-c5ccccc54)cc3)cc2)cc1. The molecule has 0 amide bonds. The lowest BCUT2D eigenvalue weighted by Crippen LogP contribution is -2.28. The third-order valence-electron chi connectivity index (χ3n) is 9.33. The zero-order valence-electron chi connectivity index (χ0n) is 25.2. The highest BCUT2D eigenvalue weighted by Crippen LogP contribution is 2.56. The van der Waals surface area contributed by atoms with Crippen LogP contribution < -0.4 is 4.74 Å². The first-order valence-corrected chi connectivity index (χ1v) is 15.6. The number of phenolic OH excluding ortho intramolecular Hbond substituents is 1. The molecular weight excluding hydrogens is 536 g/mol. The number of aromatic hydroxyl groups is 1. The summed E-state index contributed by atoms with van der Waals surface area (Å²) >= 11 is 0. The van der Waals surface area contributed by atoms with E-state index in [4.69, 9.17) is 4.74 Å². The van der Waals surface area contributed by atoms with Gasteiger partial charge in [-0.25, -0.2) is 0 Å². The first-order chi connectivity index (χ1) is 21.6. The largest absolute Gasteiger partial charge is 0.508 e. The molecule has 0 atom stereocenters. The minimum Gasteiger partial charge on any atom is -0.508 e. The Morgan fingerprint density at radius 3 is 1.45 bits per heavy atom. The topological polar surface area (TPSA) is 29.5 Å². The van der Waals surface area contributed by atoms with Crippen LogP contribution in [0.25, 0.3) is 22.3 Å². The Morgan fingerprint density at radius 1 is 0.523 bits per heavy atom. The molecule has 1 aliphatic rings. The van der Waals surface area contributed by atoms with Crippen molar-refractivity contribution >= 4 is 0 Å². The van der Waals surface area contributed by atoms with Crippen molar-refractivity contribution in [2.24, 2.45) is 0 Å². The zero-order valence-corrected chi connectivity index (χ0v) is 25.2. The molecule has 6 aromatic carbocycles. The molecule has 1 N–H and O–H groups in total. The molecule has 0 radical (unpaired) electrons. The van der Waals surface area contributed by atoms with Crippen LogP contribution in [0, 0.1) is 0 Å². The van der Waals surface area contributed by atoms with E-state index in [0.717, 1.165) is 22.6 Å². The van der Waals surface area contributed by atoms with Gasteiger partial charge in [0.05, 0.1) is 5.41 Å². The summed E-state index contributed by atoms with van der Waals surface area (Å²) in [6, 6.07) is 50.8. The van der Waals surface area contributed by atoms with Crippen molar-refractivity contribution in [2.75, 3.05) is 0 Å². The van der Waals surface area contributed by atoms with Gasteiger partial charge >= 0.3 is 0 Å². The summed E-state index contributed by atoms with van der Waals surface area (Å²) < 4.78 is 6.33. The van der Waals surface area contributed by atoms with Gasteiger partial charge in [0.25, 0.3) is 0 Å². The van der Waals surface area contributed by atoms with Gasteiger partial charge in [0.2, 0.25) is 0 Å². The van der Waals surface area contributed by atoms with Crippen molar-refractivity contribution < 1.29 is 9.84 Å². The molecule has 216 valence electrons. The van der Waals surface area contributed by atoms with Crippen molar-refractivity contribution in [3.63, 3.8) is 0 Å². The Kier molecular flexibility index (Phi) is 7.28. The molecule has 0 spiro atoms. The molecule has 0 saturated carbocycles. The van der Waals surface area contributed by atoms with Gasteiger partial charge in [-0.15, -0.1) is 0 Å². The maximum Gasteiger partial charge on any atom is 0.127 e. The van der Waals surface area contributed by atoms with Gasteiger partial charge in [-0.05, 0) is 105 Å². The van der Waals surface area contributed by atoms with Crippen LogP contribution in [0.5, 0.6) is 17.2 Å². The van der Waals surface area contributed by atoms with Gasteiger partial charge in [-0.1, -0.05) is 123 Å². The quantitative estimate of drug-likeness (QED) is 0.196. The lowest BCUT2D eigenvalue weighted by molar-refractivity contribution is 0.475. The number of hydrogen-bond acceptors (Lipinski definition) is 2. The number of hydrogen-bond donors (Lipinski definition) is 1. The Balaban J connectivity index is 1.20. The van der Waals surface area contributed by atoms with E-state index >= 15 is 0 Å². The van der Waals surface area contributed by atoms with Crippen LogP contribution in [0.3, 0.4) is 0 Å². The van der Waals surface area contributed by atoms with Crippen LogP contribution >= 0.6 is 0 Å². The van der Waals surface area contributed by atoms with Gasteiger partial charge in [0.15, 0.2) is 0 Å². The standard InChI is InChI=1S/C42H36O2/c1-3-29(4-2)30-13-15-31(16-14-30)32-17-25-36(26-18-32)44-37-27-21-34(22-28-37)42(33-19-23-35(43)24-20-33)40-11-7-5-9-38(40)39-10-6-8-12-41(39)42/h5-29,43H,3-4H2,1-2H3. The second-order valence-corrected chi connectivity index (χ2v) is 11.7.